The van der Waals surface area contributed by atoms with Crippen molar-refractivity contribution in [1.29, 1.82) is 0 Å². The van der Waals surface area contributed by atoms with E-state index in [4.69, 9.17) is 11.6 Å². The number of piperidine rings is 1. The lowest BCUT2D eigenvalue weighted by atomic mass is 9.98. The van der Waals surface area contributed by atoms with Gasteiger partial charge in [0.2, 0.25) is 0 Å². The third kappa shape index (κ3) is 2.15. The Bertz CT molecular complexity index is 550. The molecule has 2 saturated heterocycles. The van der Waals surface area contributed by atoms with E-state index in [0.717, 1.165) is 36.9 Å². The summed E-state index contributed by atoms with van der Waals surface area (Å²) in [5, 5.41) is 21.0. The minimum Gasteiger partial charge on any atom is -0.393 e. The molecule has 6 heteroatoms. The van der Waals surface area contributed by atoms with Crippen LogP contribution in [0.5, 0.6) is 0 Å². The number of hydrogen-bond acceptors (Lipinski definition) is 4. The van der Waals surface area contributed by atoms with Crippen molar-refractivity contribution in [3.05, 3.63) is 32.8 Å². The number of aliphatic hydroxyl groups excluding tert-OH is 1. The highest BCUT2D eigenvalue weighted by Crippen LogP contribution is 2.42. The fourth-order valence-corrected chi connectivity index (χ4v) is 3.84. The summed E-state index contributed by atoms with van der Waals surface area (Å²) in [6, 6.07) is 3.89. The average Bonchev–Trinajstić information content (AvgIpc) is 2.63. The van der Waals surface area contributed by atoms with Crippen LogP contribution in [0.2, 0.25) is 5.02 Å². The van der Waals surface area contributed by atoms with E-state index in [1.54, 1.807) is 12.1 Å². The van der Waals surface area contributed by atoms with E-state index in [9.17, 15) is 15.2 Å². The molecule has 2 bridgehead atoms. The van der Waals surface area contributed by atoms with E-state index < -0.39 is 4.92 Å². The van der Waals surface area contributed by atoms with Gasteiger partial charge in [0.1, 0.15) is 5.02 Å². The molecule has 2 aliphatic rings. The molecule has 108 valence electrons. The van der Waals surface area contributed by atoms with Crippen LogP contribution in [0, 0.1) is 17.0 Å². The van der Waals surface area contributed by atoms with Crippen LogP contribution in [0.1, 0.15) is 31.2 Å². The number of aryl methyl sites for hydroxylation is 1. The summed E-state index contributed by atoms with van der Waals surface area (Å²) in [5.74, 6) is 0. The quantitative estimate of drug-likeness (QED) is 0.673. The predicted molar refractivity (Wildman–Crippen MR) is 77.4 cm³/mol. The minimum atomic E-state index is -0.451. The van der Waals surface area contributed by atoms with Gasteiger partial charge in [-0.25, -0.2) is 0 Å². The van der Waals surface area contributed by atoms with Gasteiger partial charge in [-0.2, -0.15) is 0 Å². The van der Waals surface area contributed by atoms with Crippen molar-refractivity contribution in [2.45, 2.75) is 50.8 Å². The Morgan fingerprint density at radius 2 is 1.95 bits per heavy atom. The van der Waals surface area contributed by atoms with E-state index in [2.05, 4.69) is 4.90 Å². The second-order valence-electron chi connectivity index (χ2n) is 5.76. The second kappa shape index (κ2) is 4.90. The minimum absolute atomic E-state index is 0.0442. The number of fused-ring (bicyclic) bond motifs is 2. The number of nitro groups is 1. The summed E-state index contributed by atoms with van der Waals surface area (Å²) in [6.07, 6.45) is 3.44. The molecule has 2 fully saturated rings. The van der Waals surface area contributed by atoms with Crippen molar-refractivity contribution in [2.24, 2.45) is 0 Å². The zero-order valence-electron chi connectivity index (χ0n) is 11.3. The van der Waals surface area contributed by atoms with Crippen molar-refractivity contribution >= 4 is 23.0 Å². The monoisotopic (exact) mass is 296 g/mol. The molecule has 0 spiro atoms. The topological polar surface area (TPSA) is 66.6 Å². The Morgan fingerprint density at radius 3 is 2.50 bits per heavy atom. The second-order valence-corrected chi connectivity index (χ2v) is 6.17. The van der Waals surface area contributed by atoms with Gasteiger partial charge >= 0.3 is 0 Å². The number of nitro benzene ring substituents is 1. The largest absolute Gasteiger partial charge is 0.393 e. The molecule has 0 saturated carbocycles. The lowest BCUT2D eigenvalue weighted by molar-refractivity contribution is -0.384. The summed E-state index contributed by atoms with van der Waals surface area (Å²) < 4.78 is 0. The SMILES string of the molecule is Cc1cc([N+](=O)[O-])c(Cl)cc1N1[C@@H]2CC[C@H]1CC(O)C2. The van der Waals surface area contributed by atoms with Gasteiger partial charge in [-0.15, -0.1) is 0 Å². The van der Waals surface area contributed by atoms with Crippen molar-refractivity contribution in [1.82, 2.24) is 0 Å². The molecule has 2 aliphatic heterocycles. The van der Waals surface area contributed by atoms with E-state index in [0.29, 0.717) is 12.1 Å². The van der Waals surface area contributed by atoms with Crippen molar-refractivity contribution in [2.75, 3.05) is 4.90 Å². The highest BCUT2D eigenvalue weighted by Gasteiger charge is 2.41. The number of rotatable bonds is 2. The fourth-order valence-electron chi connectivity index (χ4n) is 3.62. The first-order valence-electron chi connectivity index (χ1n) is 6.88. The third-order valence-electron chi connectivity index (χ3n) is 4.45. The zero-order valence-corrected chi connectivity index (χ0v) is 12.0. The molecule has 1 N–H and O–H groups in total. The van der Waals surface area contributed by atoms with Gasteiger partial charge < -0.3 is 10.0 Å². The van der Waals surface area contributed by atoms with Crippen LogP contribution < -0.4 is 4.90 Å². The number of halogens is 1. The predicted octanol–water partition coefficient (Wildman–Crippen LogP) is 3.05. The average molecular weight is 297 g/mol. The molecule has 0 aromatic heterocycles. The summed E-state index contributed by atoms with van der Waals surface area (Å²) >= 11 is 6.04. The highest BCUT2D eigenvalue weighted by molar-refractivity contribution is 6.33. The number of anilines is 1. The standard InChI is InChI=1S/C14H17ClN2O3/c1-8-4-14(17(19)20)12(15)7-13(8)16-9-2-3-10(16)6-11(18)5-9/h4,7,9-11,18H,2-3,5-6H2,1H3/t9-,10+,11?. The molecule has 20 heavy (non-hydrogen) atoms. The summed E-state index contributed by atoms with van der Waals surface area (Å²) in [5.41, 5.74) is 1.80. The van der Waals surface area contributed by atoms with Gasteiger partial charge in [-0.3, -0.25) is 10.1 Å². The maximum absolute atomic E-state index is 10.9. The zero-order chi connectivity index (χ0) is 14.4. The number of benzene rings is 1. The lowest BCUT2D eigenvalue weighted by Gasteiger charge is -2.39. The first-order chi connectivity index (χ1) is 9.47. The molecule has 2 heterocycles. The van der Waals surface area contributed by atoms with Crippen LogP contribution in [0.25, 0.3) is 0 Å². The van der Waals surface area contributed by atoms with Crippen molar-refractivity contribution < 1.29 is 10.0 Å². The van der Waals surface area contributed by atoms with Crippen LogP contribution >= 0.6 is 11.6 Å². The first-order valence-corrected chi connectivity index (χ1v) is 7.26. The Kier molecular flexibility index (Phi) is 3.34. The Morgan fingerprint density at radius 1 is 1.35 bits per heavy atom. The molecular weight excluding hydrogens is 280 g/mol. The maximum Gasteiger partial charge on any atom is 0.288 e. The van der Waals surface area contributed by atoms with E-state index in [-0.39, 0.29) is 16.8 Å². The van der Waals surface area contributed by atoms with Gasteiger partial charge in [0.25, 0.3) is 5.69 Å². The lowest BCUT2D eigenvalue weighted by Crippen LogP contribution is -2.45. The molecule has 0 aliphatic carbocycles. The summed E-state index contributed by atoms with van der Waals surface area (Å²) in [6.45, 7) is 1.88. The van der Waals surface area contributed by atoms with Crippen molar-refractivity contribution in [3.8, 4) is 0 Å². The third-order valence-corrected chi connectivity index (χ3v) is 4.75. The van der Waals surface area contributed by atoms with Crippen LogP contribution in [-0.4, -0.2) is 28.2 Å². The number of hydrogen-bond donors (Lipinski definition) is 1. The maximum atomic E-state index is 10.9. The van der Waals surface area contributed by atoms with E-state index in [1.807, 2.05) is 6.92 Å². The Hall–Kier alpha value is -1.33. The fraction of sp³-hybridized carbons (Fsp3) is 0.571. The van der Waals surface area contributed by atoms with Gasteiger partial charge in [-0.05, 0) is 44.2 Å². The normalized spacial score (nSPS) is 28.8. The summed E-state index contributed by atoms with van der Waals surface area (Å²) in [4.78, 5) is 12.8. The smallest absolute Gasteiger partial charge is 0.288 e. The molecule has 1 aromatic carbocycles. The van der Waals surface area contributed by atoms with Gasteiger partial charge in [0.05, 0.1) is 11.0 Å². The molecular formula is C14H17ClN2O3. The van der Waals surface area contributed by atoms with Crippen molar-refractivity contribution in [3.63, 3.8) is 0 Å². The molecule has 0 amide bonds. The van der Waals surface area contributed by atoms with Crippen LogP contribution in [0.3, 0.4) is 0 Å². The first kappa shape index (κ1) is 13.6. The molecule has 1 unspecified atom stereocenters. The van der Waals surface area contributed by atoms with E-state index in [1.165, 1.54) is 0 Å². The number of nitrogens with zero attached hydrogens (tertiary/aromatic N) is 2. The number of aliphatic hydroxyl groups is 1. The molecule has 3 atom stereocenters. The molecule has 0 radical (unpaired) electrons. The van der Waals surface area contributed by atoms with Crippen LogP contribution in [0.4, 0.5) is 11.4 Å². The van der Waals surface area contributed by atoms with Gasteiger partial charge in [0.15, 0.2) is 0 Å². The van der Waals surface area contributed by atoms with Gasteiger partial charge in [0, 0.05) is 23.8 Å². The molecule has 5 nitrogen and oxygen atoms in total. The Balaban J connectivity index is 1.99. The highest BCUT2D eigenvalue weighted by atomic mass is 35.5. The Labute approximate surface area is 122 Å². The molecule has 1 aromatic rings. The van der Waals surface area contributed by atoms with Crippen LogP contribution in [0.15, 0.2) is 12.1 Å². The van der Waals surface area contributed by atoms with Crippen LogP contribution in [-0.2, 0) is 0 Å². The van der Waals surface area contributed by atoms with Gasteiger partial charge in [-0.1, -0.05) is 11.6 Å². The molecule has 3 rings (SSSR count). The van der Waals surface area contributed by atoms with E-state index >= 15 is 0 Å². The summed E-state index contributed by atoms with van der Waals surface area (Å²) in [7, 11) is 0.